The van der Waals surface area contributed by atoms with Gasteiger partial charge in [-0.1, -0.05) is 77.4 Å². The number of piperazine rings is 1. The highest BCUT2D eigenvalue weighted by atomic mass is 35.5. The van der Waals surface area contributed by atoms with E-state index in [2.05, 4.69) is 32.2 Å². The van der Waals surface area contributed by atoms with E-state index in [4.69, 9.17) is 21.3 Å². The van der Waals surface area contributed by atoms with Crippen molar-refractivity contribution < 1.29 is 41.8 Å². The fourth-order valence-electron chi connectivity index (χ4n) is 8.66. The smallest absolute Gasteiger partial charge is 0.453 e. The van der Waals surface area contributed by atoms with E-state index < -0.39 is 35.6 Å². The van der Waals surface area contributed by atoms with Gasteiger partial charge >= 0.3 is 12.5 Å². The summed E-state index contributed by atoms with van der Waals surface area (Å²) in [4.78, 5) is 67.6. The molecule has 0 spiro atoms. The van der Waals surface area contributed by atoms with Crippen molar-refractivity contribution in [2.45, 2.75) is 97.5 Å². The minimum Gasteiger partial charge on any atom is -0.453 e. The average Bonchev–Trinajstić information content (AvgIpc) is 3.60. The number of rotatable bonds is 11. The van der Waals surface area contributed by atoms with Crippen molar-refractivity contribution in [1.29, 1.82) is 0 Å². The first-order valence-corrected chi connectivity index (χ1v) is 23.7. The van der Waals surface area contributed by atoms with E-state index >= 15 is 0 Å². The number of hydrogen-bond donors (Lipinski definition) is 2. The highest BCUT2D eigenvalue weighted by Crippen LogP contribution is 2.41. The number of thioether (sulfide) groups is 1. The van der Waals surface area contributed by atoms with Crippen molar-refractivity contribution in [3.63, 3.8) is 0 Å². The molecule has 5 unspecified atom stereocenters. The number of likely N-dealkylation sites (tertiary alicyclic amines) is 1. The Kier molecular flexibility index (Phi) is 15.7. The minimum absolute atomic E-state index is 0.00990. The number of anilines is 2. The fraction of sp³-hybridized carbons (Fsp3) is 0.500. The van der Waals surface area contributed by atoms with E-state index in [-0.39, 0.29) is 62.8 Å². The van der Waals surface area contributed by atoms with E-state index in [0.29, 0.717) is 44.0 Å². The van der Waals surface area contributed by atoms with Gasteiger partial charge in [0.15, 0.2) is 0 Å². The zero-order valence-electron chi connectivity index (χ0n) is 38.8. The lowest BCUT2D eigenvalue weighted by Gasteiger charge is -2.42. The van der Waals surface area contributed by atoms with Crippen LogP contribution < -0.4 is 20.3 Å². The van der Waals surface area contributed by atoms with Gasteiger partial charge in [-0.3, -0.25) is 19.4 Å². The summed E-state index contributed by atoms with van der Waals surface area (Å²) in [6, 6.07) is 11.6. The second-order valence-corrected chi connectivity index (χ2v) is 20.0. The highest BCUT2D eigenvalue weighted by molar-refractivity contribution is 7.99. The lowest BCUT2D eigenvalue weighted by Crippen LogP contribution is -2.56. The Morgan fingerprint density at radius 1 is 0.970 bits per heavy atom. The van der Waals surface area contributed by atoms with Gasteiger partial charge in [-0.05, 0) is 79.2 Å². The summed E-state index contributed by atoms with van der Waals surface area (Å²) in [5.74, 6) is -0.819. The number of carbonyl (C=O) groups is 4. The second kappa shape index (κ2) is 20.7. The Morgan fingerprint density at radius 2 is 1.67 bits per heavy atom. The van der Waals surface area contributed by atoms with Gasteiger partial charge in [0, 0.05) is 72.6 Å². The summed E-state index contributed by atoms with van der Waals surface area (Å²) in [5.41, 5.74) is 2.65. The van der Waals surface area contributed by atoms with E-state index in [1.54, 1.807) is 48.2 Å². The molecule has 0 aliphatic carbocycles. The maximum atomic E-state index is 14.0. The molecule has 5 atom stereocenters. The molecule has 2 aromatic carbocycles. The van der Waals surface area contributed by atoms with Crippen LogP contribution in [0.15, 0.2) is 65.9 Å². The van der Waals surface area contributed by atoms with Gasteiger partial charge in [0.1, 0.15) is 17.6 Å². The van der Waals surface area contributed by atoms with Gasteiger partial charge in [0.05, 0.1) is 29.4 Å². The van der Waals surface area contributed by atoms with Crippen molar-refractivity contribution in [3.05, 3.63) is 77.1 Å². The number of benzene rings is 2. The van der Waals surface area contributed by atoms with Gasteiger partial charge in [0.25, 0.3) is 5.91 Å². The number of alkyl halides is 3. The predicted molar refractivity (Wildman–Crippen MR) is 254 cm³/mol. The second-order valence-electron chi connectivity index (χ2n) is 18.5. The summed E-state index contributed by atoms with van der Waals surface area (Å²) >= 11 is 8.33. The maximum absolute atomic E-state index is 14.0. The number of halogens is 4. The molecule has 2 saturated heterocycles. The topological polar surface area (TPSA) is 146 Å². The number of methoxy groups -OCH3 is 1. The molecule has 4 amide bonds. The Bertz CT molecular complexity index is 2340. The number of pyridine rings is 1. The van der Waals surface area contributed by atoms with Crippen LogP contribution in [0.3, 0.4) is 0 Å². The number of alkyl carbamates (subject to hydrolysis) is 1. The largest absolute Gasteiger partial charge is 0.573 e. The van der Waals surface area contributed by atoms with Crippen LogP contribution in [0.25, 0.3) is 16.7 Å². The summed E-state index contributed by atoms with van der Waals surface area (Å²) in [6.45, 7) is 15.7. The molecule has 2 N–H and O–H groups in total. The van der Waals surface area contributed by atoms with Crippen LogP contribution in [0.4, 0.5) is 29.5 Å². The quantitative estimate of drug-likeness (QED) is 0.192. The molecule has 356 valence electrons. The predicted octanol–water partition coefficient (Wildman–Crippen LogP) is 9.56. The zero-order valence-corrected chi connectivity index (χ0v) is 40.4. The third kappa shape index (κ3) is 11.8. The monoisotopic (exact) mass is 953 g/mol. The number of aromatic nitrogens is 1. The first-order chi connectivity index (χ1) is 31.1. The van der Waals surface area contributed by atoms with E-state index in [1.165, 1.54) is 19.4 Å². The number of aliphatic imine (C=N–C) groups is 1. The molecule has 13 nitrogen and oxygen atoms in total. The molecule has 3 aliphatic rings. The van der Waals surface area contributed by atoms with Gasteiger partial charge in [-0.2, -0.15) is 11.8 Å². The minimum atomic E-state index is -5.05. The molecule has 3 aliphatic heterocycles. The third-order valence-electron chi connectivity index (χ3n) is 12.3. The Labute approximate surface area is 393 Å². The SMILES string of the molecule is COC(=O)NC(C(=O)N1CC(SC)CC1C1=NC=C(c2ccc(-c3cc(Cl)c(NC(=O)c4ccc(N5CCN(C(=O)C(C)(C)C)CC5C)nc4)cc3OC(F)(F)F)cc2)CCC1C)C(C)C. The number of nitrogens with zero attached hydrogens (tertiary/aromatic N) is 5. The summed E-state index contributed by atoms with van der Waals surface area (Å²) in [7, 11) is 1.26. The lowest BCUT2D eigenvalue weighted by molar-refractivity contribution is -0.274. The molecule has 0 bridgehead atoms. The highest BCUT2D eigenvalue weighted by Gasteiger charge is 2.43. The first kappa shape index (κ1) is 50.1. The molecule has 0 radical (unpaired) electrons. The van der Waals surface area contributed by atoms with Gasteiger partial charge in [-0.25, -0.2) is 9.78 Å². The number of carbonyl (C=O) groups excluding carboxylic acids is 4. The molecule has 18 heteroatoms. The van der Waals surface area contributed by atoms with Crippen LogP contribution in [-0.2, 0) is 14.3 Å². The number of allylic oxidation sites excluding steroid dienone is 1. The van der Waals surface area contributed by atoms with E-state index in [1.807, 2.05) is 63.8 Å². The van der Waals surface area contributed by atoms with Crippen molar-refractivity contribution in [2.24, 2.45) is 22.2 Å². The Morgan fingerprint density at radius 3 is 2.26 bits per heavy atom. The van der Waals surface area contributed by atoms with Gasteiger partial charge < -0.3 is 34.8 Å². The lowest BCUT2D eigenvalue weighted by atomic mass is 9.90. The molecule has 4 heterocycles. The molecule has 66 heavy (non-hydrogen) atoms. The van der Waals surface area contributed by atoms with Crippen molar-refractivity contribution >= 4 is 70.0 Å². The van der Waals surface area contributed by atoms with Gasteiger partial charge in [-0.15, -0.1) is 13.2 Å². The summed E-state index contributed by atoms with van der Waals surface area (Å²) in [6.07, 6.45) is 1.62. The molecule has 1 aromatic heterocycles. The van der Waals surface area contributed by atoms with E-state index in [9.17, 15) is 32.3 Å². The third-order valence-corrected chi connectivity index (χ3v) is 13.6. The van der Waals surface area contributed by atoms with Crippen LogP contribution in [0.5, 0.6) is 5.75 Å². The van der Waals surface area contributed by atoms with Crippen molar-refractivity contribution in [3.8, 4) is 16.9 Å². The summed E-state index contributed by atoms with van der Waals surface area (Å²) in [5, 5.41) is 5.50. The van der Waals surface area contributed by atoms with Crippen LogP contribution in [0, 0.1) is 17.3 Å². The van der Waals surface area contributed by atoms with Crippen LogP contribution in [0.2, 0.25) is 5.02 Å². The molecular formula is C48H59ClF3N7O6S. The molecule has 0 saturated carbocycles. The Hall–Kier alpha value is -5.29. The van der Waals surface area contributed by atoms with Crippen LogP contribution in [0.1, 0.15) is 83.7 Å². The van der Waals surface area contributed by atoms with Gasteiger partial charge in [0.2, 0.25) is 11.8 Å². The zero-order chi connectivity index (χ0) is 48.2. The normalized spacial score (nSPS) is 20.8. The maximum Gasteiger partial charge on any atom is 0.573 e. The standard InChI is InChI=1S/C48H59ClF3N7O6S/c1-27(2)41(56-46(63)64-8)44(61)59-26-34(66-9)20-38(59)42-28(3)10-11-32(23-54-42)30-12-14-31(15-13-30)35-21-36(49)37(22-39(35)65-48(50,51)52)55-43(60)33-16-17-40(53-24-33)58-19-18-57(25-29(58)4)45(62)47(5,6)7/h12-17,21-24,27-29,34,38,41H,10-11,18-20,25-26H2,1-9H3,(H,55,60)(H,56,63). The summed E-state index contributed by atoms with van der Waals surface area (Å²) < 4.78 is 50.9. The Balaban J connectivity index is 1.19. The van der Waals surface area contributed by atoms with Crippen LogP contribution in [-0.4, -0.2) is 114 Å². The van der Waals surface area contributed by atoms with Crippen LogP contribution >= 0.6 is 23.4 Å². The number of amides is 4. The van der Waals surface area contributed by atoms with E-state index in [0.717, 1.165) is 35.8 Å². The number of ether oxygens (including phenoxy) is 2. The molecule has 6 rings (SSSR count). The van der Waals surface area contributed by atoms with Crippen molar-refractivity contribution in [1.82, 2.24) is 20.1 Å². The number of nitrogens with one attached hydrogen (secondary N) is 2. The molecule has 3 aromatic rings. The first-order valence-electron chi connectivity index (χ1n) is 22.1. The fourth-order valence-corrected chi connectivity index (χ4v) is 9.55. The number of hydrogen-bond acceptors (Lipinski definition) is 10. The van der Waals surface area contributed by atoms with Crippen molar-refractivity contribution in [2.75, 3.05) is 49.8 Å². The molecular weight excluding hydrogens is 895 g/mol. The average molecular weight is 955 g/mol. The molecule has 2 fully saturated rings.